The first-order chi connectivity index (χ1) is 11.0. The van der Waals surface area contributed by atoms with E-state index in [0.717, 1.165) is 19.7 Å². The van der Waals surface area contributed by atoms with Crippen molar-refractivity contribution in [3.63, 3.8) is 0 Å². The van der Waals surface area contributed by atoms with Gasteiger partial charge in [0.1, 0.15) is 6.04 Å². The van der Waals surface area contributed by atoms with Crippen LogP contribution in [0.4, 0.5) is 5.69 Å². The molecular weight excluding hydrogens is 292 g/mol. The molecule has 2 heterocycles. The molecule has 0 aliphatic carbocycles. The van der Waals surface area contributed by atoms with Crippen molar-refractivity contribution in [1.29, 1.82) is 0 Å². The summed E-state index contributed by atoms with van der Waals surface area (Å²) in [6, 6.07) is 6.64. The maximum atomic E-state index is 5.61. The predicted octanol–water partition coefficient (Wildman–Crippen LogP) is 2.33. The summed E-state index contributed by atoms with van der Waals surface area (Å²) in [5.74, 6) is 1.24. The Balaban J connectivity index is 1.78. The maximum absolute atomic E-state index is 5.61. The first-order valence-corrected chi connectivity index (χ1v) is 7.93. The van der Waals surface area contributed by atoms with E-state index < -0.39 is 0 Å². The van der Waals surface area contributed by atoms with E-state index in [4.69, 9.17) is 9.15 Å². The van der Waals surface area contributed by atoms with E-state index in [0.29, 0.717) is 18.4 Å². The zero-order valence-corrected chi connectivity index (χ0v) is 14.2. The number of ether oxygens (including phenoxy) is 1. The fourth-order valence-corrected chi connectivity index (χ4v) is 3.05. The molecule has 6 nitrogen and oxygen atoms in total. The molecule has 1 atom stereocenters. The third kappa shape index (κ3) is 3.54. The summed E-state index contributed by atoms with van der Waals surface area (Å²) in [4.78, 5) is 4.48. The Morgan fingerprint density at radius 3 is 2.74 bits per heavy atom. The molecule has 1 aliphatic rings. The quantitative estimate of drug-likeness (QED) is 0.863. The highest BCUT2D eigenvalue weighted by Gasteiger charge is 2.29. The molecule has 0 bridgehead atoms. The number of hydrogen-bond acceptors (Lipinski definition) is 6. The standard InChI is InChI=1S/C17H24N4O2/c1-12-9-14(5-6-15(12)20(3)4)10-21-7-8-22-11-16(21)17-19-18-13(2)23-17/h5-6,9,16H,7-8,10-11H2,1-4H3/t16-/m0/s1. The number of aromatic nitrogens is 2. The van der Waals surface area contributed by atoms with Gasteiger partial charge in [0.05, 0.1) is 13.2 Å². The minimum atomic E-state index is 0.0266. The highest BCUT2D eigenvalue weighted by Crippen LogP contribution is 2.26. The molecule has 1 aliphatic heterocycles. The Kier molecular flexibility index (Phi) is 4.63. The Hall–Kier alpha value is -1.92. The summed E-state index contributed by atoms with van der Waals surface area (Å²) < 4.78 is 11.2. The van der Waals surface area contributed by atoms with E-state index in [2.05, 4.69) is 59.2 Å². The Morgan fingerprint density at radius 2 is 2.09 bits per heavy atom. The first kappa shape index (κ1) is 16.0. The van der Waals surface area contributed by atoms with Crippen molar-refractivity contribution in [2.24, 2.45) is 0 Å². The molecular formula is C17H24N4O2. The number of anilines is 1. The summed E-state index contributed by atoms with van der Waals surface area (Å²) in [6.07, 6.45) is 0. The first-order valence-electron chi connectivity index (χ1n) is 7.93. The number of hydrogen-bond donors (Lipinski definition) is 0. The van der Waals surface area contributed by atoms with Gasteiger partial charge in [0, 0.05) is 39.8 Å². The molecule has 1 saturated heterocycles. The smallest absolute Gasteiger partial charge is 0.235 e. The van der Waals surface area contributed by atoms with Crippen molar-refractivity contribution in [3.8, 4) is 0 Å². The van der Waals surface area contributed by atoms with Crippen LogP contribution >= 0.6 is 0 Å². The highest BCUT2D eigenvalue weighted by atomic mass is 16.5. The second kappa shape index (κ2) is 6.68. The fourth-order valence-electron chi connectivity index (χ4n) is 3.05. The van der Waals surface area contributed by atoms with E-state index in [9.17, 15) is 0 Å². The average Bonchev–Trinajstić information content (AvgIpc) is 2.94. The Bertz CT molecular complexity index is 668. The van der Waals surface area contributed by atoms with Crippen LogP contribution in [0.15, 0.2) is 22.6 Å². The van der Waals surface area contributed by atoms with Gasteiger partial charge in [-0.2, -0.15) is 0 Å². The molecule has 1 fully saturated rings. The summed E-state index contributed by atoms with van der Waals surface area (Å²) in [5, 5.41) is 8.12. The molecule has 1 aromatic heterocycles. The van der Waals surface area contributed by atoms with Crippen molar-refractivity contribution < 1.29 is 9.15 Å². The minimum Gasteiger partial charge on any atom is -0.424 e. The van der Waals surface area contributed by atoms with Gasteiger partial charge in [0.15, 0.2) is 0 Å². The van der Waals surface area contributed by atoms with E-state index in [1.165, 1.54) is 16.8 Å². The van der Waals surface area contributed by atoms with Gasteiger partial charge in [-0.3, -0.25) is 4.90 Å². The van der Waals surface area contributed by atoms with Gasteiger partial charge in [-0.25, -0.2) is 0 Å². The van der Waals surface area contributed by atoms with Gasteiger partial charge in [-0.1, -0.05) is 12.1 Å². The van der Waals surface area contributed by atoms with Crippen molar-refractivity contribution >= 4 is 5.69 Å². The monoisotopic (exact) mass is 316 g/mol. The van der Waals surface area contributed by atoms with Crippen LogP contribution in [-0.2, 0) is 11.3 Å². The van der Waals surface area contributed by atoms with Gasteiger partial charge < -0.3 is 14.1 Å². The van der Waals surface area contributed by atoms with Gasteiger partial charge in [0.25, 0.3) is 0 Å². The van der Waals surface area contributed by atoms with Crippen LogP contribution in [0.1, 0.15) is 29.0 Å². The van der Waals surface area contributed by atoms with Gasteiger partial charge in [-0.15, -0.1) is 10.2 Å². The van der Waals surface area contributed by atoms with Gasteiger partial charge in [0.2, 0.25) is 11.8 Å². The molecule has 6 heteroatoms. The van der Waals surface area contributed by atoms with E-state index >= 15 is 0 Å². The van der Waals surface area contributed by atoms with Gasteiger partial charge >= 0.3 is 0 Å². The minimum absolute atomic E-state index is 0.0266. The van der Waals surface area contributed by atoms with Crippen LogP contribution in [0.2, 0.25) is 0 Å². The van der Waals surface area contributed by atoms with Crippen LogP contribution in [0.5, 0.6) is 0 Å². The van der Waals surface area contributed by atoms with Crippen LogP contribution in [0.25, 0.3) is 0 Å². The van der Waals surface area contributed by atoms with Crippen molar-refractivity contribution in [3.05, 3.63) is 41.1 Å². The van der Waals surface area contributed by atoms with Gasteiger partial charge in [-0.05, 0) is 24.1 Å². The molecule has 0 spiro atoms. The molecule has 0 amide bonds. The summed E-state index contributed by atoms with van der Waals surface area (Å²) in [5.41, 5.74) is 3.82. The van der Waals surface area contributed by atoms with Crippen LogP contribution in [0, 0.1) is 13.8 Å². The van der Waals surface area contributed by atoms with Crippen molar-refractivity contribution in [2.45, 2.75) is 26.4 Å². The lowest BCUT2D eigenvalue weighted by Gasteiger charge is -2.33. The lowest BCUT2D eigenvalue weighted by molar-refractivity contribution is -0.0225. The third-order valence-electron chi connectivity index (χ3n) is 4.19. The Labute approximate surface area is 137 Å². The molecule has 0 saturated carbocycles. The summed E-state index contributed by atoms with van der Waals surface area (Å²) >= 11 is 0. The van der Waals surface area contributed by atoms with Crippen molar-refractivity contribution in [1.82, 2.24) is 15.1 Å². The maximum Gasteiger partial charge on any atom is 0.235 e. The van der Waals surface area contributed by atoms with Crippen LogP contribution in [0.3, 0.4) is 0 Å². The molecule has 23 heavy (non-hydrogen) atoms. The van der Waals surface area contributed by atoms with E-state index in [1.807, 2.05) is 6.92 Å². The second-order valence-corrected chi connectivity index (χ2v) is 6.24. The predicted molar refractivity (Wildman–Crippen MR) is 88.5 cm³/mol. The third-order valence-corrected chi connectivity index (χ3v) is 4.19. The van der Waals surface area contributed by atoms with Crippen molar-refractivity contribution in [2.75, 3.05) is 38.8 Å². The zero-order chi connectivity index (χ0) is 16.4. The number of nitrogens with zero attached hydrogens (tertiary/aromatic N) is 4. The molecule has 124 valence electrons. The lowest BCUT2D eigenvalue weighted by atomic mass is 10.1. The number of aryl methyl sites for hydroxylation is 2. The molecule has 2 aromatic rings. The molecule has 0 radical (unpaired) electrons. The highest BCUT2D eigenvalue weighted by molar-refractivity contribution is 5.53. The summed E-state index contributed by atoms with van der Waals surface area (Å²) in [6.45, 7) is 7.00. The normalized spacial score (nSPS) is 19.0. The SMILES string of the molecule is Cc1nnc([C@@H]2COCCN2Cc2ccc(N(C)C)c(C)c2)o1. The number of benzene rings is 1. The van der Waals surface area contributed by atoms with E-state index in [1.54, 1.807) is 0 Å². The van der Waals surface area contributed by atoms with Crippen LogP contribution in [-0.4, -0.2) is 49.0 Å². The number of morpholine rings is 1. The topological polar surface area (TPSA) is 54.6 Å². The molecule has 0 unspecified atom stereocenters. The molecule has 1 aromatic carbocycles. The number of rotatable bonds is 4. The van der Waals surface area contributed by atoms with Crippen LogP contribution < -0.4 is 4.90 Å². The largest absolute Gasteiger partial charge is 0.424 e. The molecule has 0 N–H and O–H groups in total. The van der Waals surface area contributed by atoms with E-state index in [-0.39, 0.29) is 6.04 Å². The summed E-state index contributed by atoms with van der Waals surface area (Å²) in [7, 11) is 4.13. The second-order valence-electron chi connectivity index (χ2n) is 6.24. The average molecular weight is 316 g/mol. The lowest BCUT2D eigenvalue weighted by Crippen LogP contribution is -2.39. The Morgan fingerprint density at radius 1 is 1.26 bits per heavy atom. The molecule has 3 rings (SSSR count). The fraction of sp³-hybridized carbons (Fsp3) is 0.529. The zero-order valence-electron chi connectivity index (χ0n) is 14.2.